The van der Waals surface area contributed by atoms with Crippen LogP contribution in [0.1, 0.15) is 21.5 Å². The first-order valence-electron chi connectivity index (χ1n) is 6.56. The molecule has 0 bridgehead atoms. The van der Waals surface area contributed by atoms with E-state index in [0.717, 1.165) is 21.3 Å². The quantitative estimate of drug-likeness (QED) is 0.691. The molecule has 0 spiro atoms. The van der Waals surface area contributed by atoms with E-state index in [1.807, 2.05) is 43.5 Å². The second kappa shape index (κ2) is 5.61. The van der Waals surface area contributed by atoms with E-state index in [1.165, 1.54) is 17.7 Å². The molecule has 0 amide bonds. The molecule has 0 saturated carbocycles. The van der Waals surface area contributed by atoms with Gasteiger partial charge in [0.1, 0.15) is 11.2 Å². The summed E-state index contributed by atoms with van der Waals surface area (Å²) in [6.45, 7) is 3.87. The zero-order valence-electron chi connectivity index (χ0n) is 11.8. The van der Waals surface area contributed by atoms with Gasteiger partial charge in [-0.2, -0.15) is 0 Å². The average Bonchev–Trinajstić information content (AvgIpc) is 2.96. The Balaban J connectivity index is 1.80. The summed E-state index contributed by atoms with van der Waals surface area (Å²) in [6, 6.07) is 7.73. The van der Waals surface area contributed by atoms with Gasteiger partial charge in [0.15, 0.2) is 6.61 Å². The molecular weight excluding hydrogens is 284 g/mol. The largest absolute Gasteiger partial charge is 0.469 e. The molecule has 0 fully saturated rings. The summed E-state index contributed by atoms with van der Waals surface area (Å²) in [7, 11) is 0. The Hall–Kier alpha value is -2.27. The van der Waals surface area contributed by atoms with Crippen molar-refractivity contribution < 1.29 is 9.53 Å². The Morgan fingerprint density at radius 2 is 2.10 bits per heavy atom. The number of carbonyl (C=O) groups excluding carboxylic acids is 1. The summed E-state index contributed by atoms with van der Waals surface area (Å²) in [6.07, 6.45) is 1.45. The number of ether oxygens (including phenoxy) is 1. The maximum absolute atomic E-state index is 12.3. The lowest BCUT2D eigenvalue weighted by molar-refractivity contribution is 0.0918. The lowest BCUT2D eigenvalue weighted by Gasteiger charge is -2.08. The van der Waals surface area contributed by atoms with Crippen LogP contribution in [0.25, 0.3) is 10.2 Å². The first-order valence-corrected chi connectivity index (χ1v) is 7.44. The van der Waals surface area contributed by atoms with Crippen molar-refractivity contribution in [1.82, 2.24) is 9.97 Å². The summed E-state index contributed by atoms with van der Waals surface area (Å²) < 4.78 is 5.59. The standard InChI is InChI=1S/C16H14N2O2S/c1-10-3-4-11(2)13(7-10)14(19)8-20-15-12-5-6-21-16(12)18-9-17-15/h3-7,9H,8H2,1-2H3. The summed E-state index contributed by atoms with van der Waals surface area (Å²) >= 11 is 1.52. The second-order valence-electron chi connectivity index (χ2n) is 4.85. The SMILES string of the molecule is Cc1ccc(C)c(C(=O)COc2ncnc3sccc23)c1. The first kappa shape index (κ1) is 13.7. The predicted octanol–water partition coefficient (Wildman–Crippen LogP) is 3.57. The fourth-order valence-electron chi connectivity index (χ4n) is 2.13. The lowest BCUT2D eigenvalue weighted by Crippen LogP contribution is -2.13. The molecular formula is C16H14N2O2S. The molecule has 2 heterocycles. The van der Waals surface area contributed by atoms with Gasteiger partial charge < -0.3 is 4.74 Å². The molecule has 106 valence electrons. The summed E-state index contributed by atoms with van der Waals surface area (Å²) in [5, 5.41) is 2.77. The third-order valence-electron chi connectivity index (χ3n) is 3.26. The van der Waals surface area contributed by atoms with Gasteiger partial charge in [-0.25, -0.2) is 9.97 Å². The van der Waals surface area contributed by atoms with Crippen molar-refractivity contribution in [3.8, 4) is 5.88 Å². The van der Waals surface area contributed by atoms with E-state index in [9.17, 15) is 4.79 Å². The van der Waals surface area contributed by atoms with Gasteiger partial charge in [-0.05, 0) is 36.9 Å². The zero-order chi connectivity index (χ0) is 14.8. The van der Waals surface area contributed by atoms with Crippen LogP contribution < -0.4 is 4.74 Å². The van der Waals surface area contributed by atoms with Gasteiger partial charge in [0.2, 0.25) is 11.7 Å². The molecule has 21 heavy (non-hydrogen) atoms. The summed E-state index contributed by atoms with van der Waals surface area (Å²) in [4.78, 5) is 21.4. The predicted molar refractivity (Wildman–Crippen MR) is 83.2 cm³/mol. The van der Waals surface area contributed by atoms with E-state index < -0.39 is 0 Å². The fourth-order valence-corrected chi connectivity index (χ4v) is 2.85. The van der Waals surface area contributed by atoms with E-state index >= 15 is 0 Å². The Morgan fingerprint density at radius 1 is 1.24 bits per heavy atom. The van der Waals surface area contributed by atoms with E-state index in [2.05, 4.69) is 9.97 Å². The third kappa shape index (κ3) is 2.78. The number of benzene rings is 1. The molecule has 1 aromatic carbocycles. The molecule has 3 aromatic rings. The number of fused-ring (bicyclic) bond motifs is 1. The highest BCUT2D eigenvalue weighted by atomic mass is 32.1. The van der Waals surface area contributed by atoms with Crippen LogP contribution in [-0.2, 0) is 0 Å². The minimum absolute atomic E-state index is 0.0216. The van der Waals surface area contributed by atoms with Gasteiger partial charge in [-0.1, -0.05) is 17.7 Å². The number of rotatable bonds is 4. The molecule has 0 unspecified atom stereocenters. The van der Waals surface area contributed by atoms with Crippen LogP contribution in [0.15, 0.2) is 36.0 Å². The van der Waals surface area contributed by atoms with Crippen LogP contribution in [0.4, 0.5) is 0 Å². The number of aryl methyl sites for hydroxylation is 2. The van der Waals surface area contributed by atoms with Crippen molar-refractivity contribution in [3.63, 3.8) is 0 Å². The number of Topliss-reactive ketones (excluding diaryl/α,β-unsaturated/α-hetero) is 1. The number of hydrogen-bond acceptors (Lipinski definition) is 5. The van der Waals surface area contributed by atoms with Crippen LogP contribution in [-0.4, -0.2) is 22.4 Å². The molecule has 0 aliphatic rings. The number of carbonyl (C=O) groups is 1. The van der Waals surface area contributed by atoms with E-state index in [0.29, 0.717) is 11.4 Å². The summed E-state index contributed by atoms with van der Waals surface area (Å²) in [5.74, 6) is 0.415. The van der Waals surface area contributed by atoms with Crippen LogP contribution in [0.5, 0.6) is 5.88 Å². The number of nitrogens with zero attached hydrogens (tertiary/aromatic N) is 2. The molecule has 0 aliphatic carbocycles. The van der Waals surface area contributed by atoms with E-state index in [-0.39, 0.29) is 12.4 Å². The minimum Gasteiger partial charge on any atom is -0.469 e. The molecule has 4 nitrogen and oxygen atoms in total. The van der Waals surface area contributed by atoms with Gasteiger partial charge in [0.05, 0.1) is 5.39 Å². The topological polar surface area (TPSA) is 52.1 Å². The third-order valence-corrected chi connectivity index (χ3v) is 4.08. The molecule has 3 rings (SSSR count). The Labute approximate surface area is 126 Å². The number of thiophene rings is 1. The highest BCUT2D eigenvalue weighted by Crippen LogP contribution is 2.25. The van der Waals surface area contributed by atoms with Crippen molar-refractivity contribution in [2.24, 2.45) is 0 Å². The maximum Gasteiger partial charge on any atom is 0.225 e. The zero-order valence-corrected chi connectivity index (χ0v) is 12.6. The fraction of sp³-hybridized carbons (Fsp3) is 0.188. The Kier molecular flexibility index (Phi) is 3.66. The molecule has 0 atom stereocenters. The van der Waals surface area contributed by atoms with Crippen molar-refractivity contribution in [2.75, 3.05) is 6.61 Å². The van der Waals surface area contributed by atoms with Crippen molar-refractivity contribution in [3.05, 3.63) is 52.7 Å². The molecule has 2 aromatic heterocycles. The molecule has 0 radical (unpaired) electrons. The normalized spacial score (nSPS) is 10.8. The van der Waals surface area contributed by atoms with E-state index in [4.69, 9.17) is 4.74 Å². The van der Waals surface area contributed by atoms with Crippen molar-refractivity contribution in [1.29, 1.82) is 0 Å². The molecule has 0 aliphatic heterocycles. The number of ketones is 1. The first-order chi connectivity index (χ1) is 10.1. The number of hydrogen-bond donors (Lipinski definition) is 0. The average molecular weight is 298 g/mol. The van der Waals surface area contributed by atoms with Crippen molar-refractivity contribution >= 4 is 27.3 Å². The van der Waals surface area contributed by atoms with Crippen molar-refractivity contribution in [2.45, 2.75) is 13.8 Å². The van der Waals surface area contributed by atoms with Crippen LogP contribution >= 0.6 is 11.3 Å². The van der Waals surface area contributed by atoms with Gasteiger partial charge >= 0.3 is 0 Å². The smallest absolute Gasteiger partial charge is 0.225 e. The molecule has 0 saturated heterocycles. The highest BCUT2D eigenvalue weighted by Gasteiger charge is 2.12. The minimum atomic E-state index is -0.0433. The lowest BCUT2D eigenvalue weighted by atomic mass is 10.0. The van der Waals surface area contributed by atoms with E-state index in [1.54, 1.807) is 0 Å². The van der Waals surface area contributed by atoms with Gasteiger partial charge in [0, 0.05) is 5.56 Å². The molecule has 0 N–H and O–H groups in total. The Morgan fingerprint density at radius 3 is 2.95 bits per heavy atom. The maximum atomic E-state index is 12.3. The number of aromatic nitrogens is 2. The Bertz CT molecular complexity index is 811. The van der Waals surface area contributed by atoms with Gasteiger partial charge in [-0.15, -0.1) is 11.3 Å². The van der Waals surface area contributed by atoms with Crippen LogP contribution in [0.3, 0.4) is 0 Å². The van der Waals surface area contributed by atoms with Gasteiger partial charge in [0.25, 0.3) is 0 Å². The van der Waals surface area contributed by atoms with Crippen LogP contribution in [0, 0.1) is 13.8 Å². The molecule has 5 heteroatoms. The van der Waals surface area contributed by atoms with Crippen LogP contribution in [0.2, 0.25) is 0 Å². The second-order valence-corrected chi connectivity index (χ2v) is 5.74. The summed E-state index contributed by atoms with van der Waals surface area (Å²) in [5.41, 5.74) is 2.72. The van der Waals surface area contributed by atoms with Gasteiger partial charge in [-0.3, -0.25) is 4.79 Å². The highest BCUT2D eigenvalue weighted by molar-refractivity contribution is 7.16. The monoisotopic (exact) mass is 298 g/mol.